The molecule has 2 atom stereocenters. The van der Waals surface area contributed by atoms with Crippen LogP contribution in [0, 0.1) is 0 Å². The molecule has 1 amide bonds. The van der Waals surface area contributed by atoms with Crippen LogP contribution < -0.4 is 0 Å². The van der Waals surface area contributed by atoms with E-state index in [9.17, 15) is 15.0 Å². The minimum atomic E-state index is -0.910. The smallest absolute Gasteiger partial charge is 0.254 e. The normalized spacial score (nSPS) is 24.1. The Hall–Kier alpha value is -0.880. The van der Waals surface area contributed by atoms with Gasteiger partial charge in [0.15, 0.2) is 0 Å². The van der Waals surface area contributed by atoms with E-state index in [1.807, 2.05) is 0 Å². The predicted molar refractivity (Wildman–Crippen MR) is 62.2 cm³/mol. The summed E-state index contributed by atoms with van der Waals surface area (Å²) < 4.78 is 0. The van der Waals surface area contributed by atoms with Gasteiger partial charge in [0.05, 0.1) is 12.2 Å². The number of β-amino-alcohol motifs (C(OH)–C–C–N with tert-alkyl or cyclic N) is 2. The van der Waals surface area contributed by atoms with E-state index in [1.54, 1.807) is 0 Å². The summed E-state index contributed by atoms with van der Waals surface area (Å²) in [5, 5.41) is 19.0. The van der Waals surface area contributed by atoms with E-state index in [4.69, 9.17) is 23.2 Å². The first kappa shape index (κ1) is 12.6. The van der Waals surface area contributed by atoms with Gasteiger partial charge in [-0.1, -0.05) is 23.2 Å². The molecule has 2 heterocycles. The summed E-state index contributed by atoms with van der Waals surface area (Å²) in [5.74, 6) is -0.341. The maximum atomic E-state index is 12.0. The molecule has 0 saturated carbocycles. The van der Waals surface area contributed by atoms with Crippen LogP contribution in [0.1, 0.15) is 10.4 Å². The summed E-state index contributed by atoms with van der Waals surface area (Å²) >= 11 is 11.4. The van der Waals surface area contributed by atoms with Crippen molar-refractivity contribution >= 4 is 29.1 Å². The lowest BCUT2D eigenvalue weighted by molar-refractivity contribution is 0.0572. The quantitative estimate of drug-likeness (QED) is 0.736. The Morgan fingerprint density at radius 3 is 2.18 bits per heavy atom. The summed E-state index contributed by atoms with van der Waals surface area (Å²) in [5.41, 5.74) is 0.288. The highest BCUT2D eigenvalue weighted by Gasteiger charge is 2.33. The number of aliphatic hydroxyl groups is 2. The van der Waals surface area contributed by atoms with Gasteiger partial charge in [-0.3, -0.25) is 4.79 Å². The molecular formula is C10H10Cl2N2O3. The average molecular weight is 277 g/mol. The molecule has 0 spiro atoms. The molecular weight excluding hydrogens is 267 g/mol. The summed E-state index contributed by atoms with van der Waals surface area (Å²) in [4.78, 5) is 17.1. The molecule has 1 aromatic heterocycles. The Labute approximate surface area is 108 Å². The summed E-state index contributed by atoms with van der Waals surface area (Å²) in [6.07, 6.45) is -1.82. The lowest BCUT2D eigenvalue weighted by atomic mass is 10.2. The topological polar surface area (TPSA) is 73.7 Å². The first-order chi connectivity index (χ1) is 7.97. The first-order valence-electron chi connectivity index (χ1n) is 4.96. The highest BCUT2D eigenvalue weighted by Crippen LogP contribution is 2.19. The van der Waals surface area contributed by atoms with Crippen molar-refractivity contribution in [3.05, 3.63) is 28.0 Å². The highest BCUT2D eigenvalue weighted by atomic mass is 35.5. The van der Waals surface area contributed by atoms with Crippen LogP contribution in [-0.2, 0) is 0 Å². The lowest BCUT2D eigenvalue weighted by Gasteiger charge is -2.15. The van der Waals surface area contributed by atoms with Gasteiger partial charge >= 0.3 is 0 Å². The number of aromatic nitrogens is 1. The Kier molecular flexibility index (Phi) is 3.53. The molecule has 0 bridgehead atoms. The van der Waals surface area contributed by atoms with Crippen LogP contribution in [-0.4, -0.2) is 51.3 Å². The van der Waals surface area contributed by atoms with Crippen LogP contribution in [0.5, 0.6) is 0 Å². The van der Waals surface area contributed by atoms with Gasteiger partial charge in [0, 0.05) is 18.7 Å². The van der Waals surface area contributed by atoms with Gasteiger partial charge in [-0.15, -0.1) is 0 Å². The largest absolute Gasteiger partial charge is 0.388 e. The van der Waals surface area contributed by atoms with Crippen LogP contribution >= 0.6 is 23.2 Å². The number of carbonyl (C=O) groups is 1. The van der Waals surface area contributed by atoms with Crippen molar-refractivity contribution in [2.24, 2.45) is 0 Å². The van der Waals surface area contributed by atoms with Gasteiger partial charge in [-0.2, -0.15) is 0 Å². The van der Waals surface area contributed by atoms with Gasteiger partial charge in [0.1, 0.15) is 10.3 Å². The van der Waals surface area contributed by atoms with E-state index >= 15 is 0 Å². The molecule has 1 aliphatic heterocycles. The standard InChI is InChI=1S/C10H10Cl2N2O3/c11-8-1-5(2-9(12)13-8)10(17)14-3-6(15)7(16)4-14/h1-2,6-7,15-16H,3-4H2/t6-,7+. The van der Waals surface area contributed by atoms with E-state index < -0.39 is 12.2 Å². The molecule has 7 heteroatoms. The third kappa shape index (κ3) is 2.69. The molecule has 0 unspecified atom stereocenters. The zero-order chi connectivity index (χ0) is 12.6. The van der Waals surface area contributed by atoms with Crippen LogP contribution in [0.4, 0.5) is 0 Å². The number of hydrogen-bond donors (Lipinski definition) is 2. The molecule has 1 saturated heterocycles. The molecule has 1 aromatic rings. The van der Waals surface area contributed by atoms with Crippen LogP contribution in [0.2, 0.25) is 10.3 Å². The van der Waals surface area contributed by atoms with Gasteiger partial charge in [-0.05, 0) is 12.1 Å². The lowest BCUT2D eigenvalue weighted by Crippen LogP contribution is -2.29. The average Bonchev–Trinajstić information content (AvgIpc) is 2.57. The van der Waals surface area contributed by atoms with Crippen molar-refractivity contribution in [2.45, 2.75) is 12.2 Å². The van der Waals surface area contributed by atoms with Crippen LogP contribution in [0.3, 0.4) is 0 Å². The van der Waals surface area contributed by atoms with E-state index in [0.717, 1.165) is 0 Å². The number of rotatable bonds is 1. The Balaban J connectivity index is 2.20. The maximum absolute atomic E-state index is 12.0. The van der Waals surface area contributed by atoms with E-state index in [0.29, 0.717) is 0 Å². The second-order valence-corrected chi connectivity index (χ2v) is 4.62. The number of likely N-dealkylation sites (tertiary alicyclic amines) is 1. The second-order valence-electron chi connectivity index (χ2n) is 3.85. The van der Waals surface area contributed by atoms with Crippen molar-refractivity contribution in [3.63, 3.8) is 0 Å². The van der Waals surface area contributed by atoms with Crippen molar-refractivity contribution in [3.8, 4) is 0 Å². The second kappa shape index (κ2) is 4.78. The molecule has 1 fully saturated rings. The zero-order valence-corrected chi connectivity index (χ0v) is 10.2. The minimum absolute atomic E-state index is 0.0948. The number of aliphatic hydroxyl groups excluding tert-OH is 2. The Morgan fingerprint density at radius 2 is 1.71 bits per heavy atom. The summed E-state index contributed by atoms with van der Waals surface area (Å²) in [7, 11) is 0. The molecule has 5 nitrogen and oxygen atoms in total. The fourth-order valence-corrected chi connectivity index (χ4v) is 2.17. The third-order valence-corrected chi connectivity index (χ3v) is 2.94. The van der Waals surface area contributed by atoms with Crippen molar-refractivity contribution in [1.29, 1.82) is 0 Å². The number of pyridine rings is 1. The van der Waals surface area contributed by atoms with Crippen molar-refractivity contribution in [1.82, 2.24) is 9.88 Å². The summed E-state index contributed by atoms with van der Waals surface area (Å²) in [6, 6.07) is 2.79. The van der Waals surface area contributed by atoms with Crippen molar-refractivity contribution < 1.29 is 15.0 Å². The number of halogens is 2. The number of hydrogen-bond acceptors (Lipinski definition) is 4. The third-order valence-electron chi connectivity index (χ3n) is 2.56. The van der Waals surface area contributed by atoms with E-state index in [2.05, 4.69) is 4.98 Å². The predicted octanol–water partition coefficient (Wildman–Crippen LogP) is 0.566. The Bertz CT molecular complexity index is 425. The molecule has 0 radical (unpaired) electrons. The molecule has 17 heavy (non-hydrogen) atoms. The minimum Gasteiger partial charge on any atom is -0.388 e. The number of carbonyl (C=O) groups excluding carboxylic acids is 1. The molecule has 2 N–H and O–H groups in total. The fourth-order valence-electron chi connectivity index (χ4n) is 1.71. The summed E-state index contributed by atoms with van der Waals surface area (Å²) in [6.45, 7) is 0.190. The van der Waals surface area contributed by atoms with Crippen LogP contribution in [0.15, 0.2) is 12.1 Å². The van der Waals surface area contributed by atoms with Gasteiger partial charge in [0.2, 0.25) is 0 Å². The van der Waals surface area contributed by atoms with Gasteiger partial charge < -0.3 is 15.1 Å². The molecule has 92 valence electrons. The van der Waals surface area contributed by atoms with E-state index in [1.165, 1.54) is 17.0 Å². The number of nitrogens with zero attached hydrogens (tertiary/aromatic N) is 2. The first-order valence-corrected chi connectivity index (χ1v) is 5.71. The molecule has 2 rings (SSSR count). The SMILES string of the molecule is O=C(c1cc(Cl)nc(Cl)c1)N1C[C@@H](O)[C@@H](O)C1. The molecule has 0 aromatic carbocycles. The van der Waals surface area contributed by atoms with Gasteiger partial charge in [-0.25, -0.2) is 4.98 Å². The molecule has 1 aliphatic rings. The fraction of sp³-hybridized carbons (Fsp3) is 0.400. The number of amides is 1. The van der Waals surface area contributed by atoms with Gasteiger partial charge in [0.25, 0.3) is 5.91 Å². The van der Waals surface area contributed by atoms with Crippen LogP contribution in [0.25, 0.3) is 0 Å². The monoisotopic (exact) mass is 276 g/mol. The van der Waals surface area contributed by atoms with Crippen molar-refractivity contribution in [2.75, 3.05) is 13.1 Å². The highest BCUT2D eigenvalue weighted by molar-refractivity contribution is 6.33. The Morgan fingerprint density at radius 1 is 1.24 bits per heavy atom. The van der Waals surface area contributed by atoms with E-state index in [-0.39, 0.29) is 34.9 Å². The maximum Gasteiger partial charge on any atom is 0.254 e. The molecule has 0 aliphatic carbocycles. The zero-order valence-electron chi connectivity index (χ0n) is 8.68.